The topological polar surface area (TPSA) is 81.2 Å². The van der Waals surface area contributed by atoms with E-state index < -0.39 is 0 Å². The molecule has 0 saturated carbocycles. The van der Waals surface area contributed by atoms with Crippen LogP contribution >= 0.6 is 0 Å². The Kier molecular flexibility index (Phi) is 4.93. The number of oxazole rings is 2. The Hall–Kier alpha value is -2.63. The monoisotopic (exact) mass is 301 g/mol. The molecule has 0 aliphatic heterocycles. The molecule has 0 aromatic carbocycles. The van der Waals surface area contributed by atoms with Crippen LogP contribution in [0.1, 0.15) is 44.1 Å². The van der Waals surface area contributed by atoms with E-state index in [0.717, 1.165) is 11.1 Å². The van der Waals surface area contributed by atoms with Crippen molar-refractivity contribution in [2.45, 2.75) is 27.7 Å². The zero-order valence-corrected chi connectivity index (χ0v) is 13.1. The largest absolute Gasteiger partial charge is 0.444 e. The lowest BCUT2D eigenvalue weighted by Gasteiger charge is -2.01. The minimum absolute atomic E-state index is 0.214. The molecule has 0 fully saturated rings. The highest BCUT2D eigenvalue weighted by atomic mass is 16.4. The van der Waals surface area contributed by atoms with Gasteiger partial charge in [0.15, 0.2) is 11.4 Å². The SMILES string of the molecule is CC=C(C)CNC(=O)c1coc(-c2coc(C(C)=CC)n2)n1. The summed E-state index contributed by atoms with van der Waals surface area (Å²) in [7, 11) is 0. The lowest BCUT2D eigenvalue weighted by Crippen LogP contribution is -2.25. The first-order valence-electron chi connectivity index (χ1n) is 6.99. The Labute approximate surface area is 128 Å². The van der Waals surface area contributed by atoms with E-state index in [1.54, 1.807) is 0 Å². The third-order valence-electron chi connectivity index (χ3n) is 3.25. The molecule has 1 N–H and O–H groups in total. The van der Waals surface area contributed by atoms with Gasteiger partial charge >= 0.3 is 0 Å². The fraction of sp³-hybridized carbons (Fsp3) is 0.312. The van der Waals surface area contributed by atoms with Gasteiger partial charge in [-0.15, -0.1) is 0 Å². The van der Waals surface area contributed by atoms with Gasteiger partial charge in [-0.2, -0.15) is 0 Å². The van der Waals surface area contributed by atoms with Crippen molar-refractivity contribution in [3.8, 4) is 11.6 Å². The molecular formula is C16H19N3O3. The van der Waals surface area contributed by atoms with Crippen molar-refractivity contribution in [1.29, 1.82) is 0 Å². The van der Waals surface area contributed by atoms with Crippen LogP contribution in [-0.4, -0.2) is 22.4 Å². The van der Waals surface area contributed by atoms with Gasteiger partial charge in [-0.1, -0.05) is 17.7 Å². The second-order valence-corrected chi connectivity index (χ2v) is 4.87. The number of amides is 1. The summed E-state index contributed by atoms with van der Waals surface area (Å²) in [5, 5.41) is 2.76. The molecule has 22 heavy (non-hydrogen) atoms. The van der Waals surface area contributed by atoms with Crippen molar-refractivity contribution in [2.24, 2.45) is 0 Å². The number of carbonyl (C=O) groups is 1. The molecule has 0 radical (unpaired) electrons. The van der Waals surface area contributed by atoms with Crippen LogP contribution in [0.25, 0.3) is 17.2 Å². The molecule has 116 valence electrons. The first kappa shape index (κ1) is 15.8. The van der Waals surface area contributed by atoms with Gasteiger partial charge in [0.1, 0.15) is 12.5 Å². The molecule has 0 unspecified atom stereocenters. The summed E-state index contributed by atoms with van der Waals surface area (Å²) in [4.78, 5) is 20.4. The molecule has 0 aliphatic rings. The molecule has 2 rings (SSSR count). The van der Waals surface area contributed by atoms with Gasteiger partial charge in [-0.05, 0) is 27.7 Å². The summed E-state index contributed by atoms with van der Waals surface area (Å²) in [6.07, 6.45) is 6.61. The van der Waals surface area contributed by atoms with Crippen molar-refractivity contribution in [3.63, 3.8) is 0 Å². The number of nitrogens with one attached hydrogen (secondary N) is 1. The first-order chi connectivity index (χ1) is 10.5. The number of hydrogen-bond donors (Lipinski definition) is 1. The average Bonchev–Trinajstić information content (AvgIpc) is 3.19. The van der Waals surface area contributed by atoms with Crippen LogP contribution in [0, 0.1) is 0 Å². The lowest BCUT2D eigenvalue weighted by molar-refractivity contribution is 0.0952. The zero-order valence-electron chi connectivity index (χ0n) is 13.1. The van der Waals surface area contributed by atoms with Gasteiger partial charge in [-0.3, -0.25) is 4.79 Å². The summed E-state index contributed by atoms with van der Waals surface area (Å²) in [6.45, 7) is 8.14. The smallest absolute Gasteiger partial charge is 0.273 e. The van der Waals surface area contributed by atoms with E-state index in [2.05, 4.69) is 15.3 Å². The van der Waals surface area contributed by atoms with Gasteiger partial charge in [-0.25, -0.2) is 9.97 Å². The highest BCUT2D eigenvalue weighted by Crippen LogP contribution is 2.21. The Morgan fingerprint density at radius 2 is 1.95 bits per heavy atom. The van der Waals surface area contributed by atoms with E-state index in [0.29, 0.717) is 18.1 Å². The van der Waals surface area contributed by atoms with Crippen molar-refractivity contribution < 1.29 is 13.6 Å². The maximum Gasteiger partial charge on any atom is 0.273 e. The summed E-state index contributed by atoms with van der Waals surface area (Å²) in [6, 6.07) is 0. The highest BCUT2D eigenvalue weighted by molar-refractivity contribution is 5.92. The minimum Gasteiger partial charge on any atom is -0.444 e. The third-order valence-corrected chi connectivity index (χ3v) is 3.25. The zero-order chi connectivity index (χ0) is 16.1. The predicted molar refractivity (Wildman–Crippen MR) is 83.1 cm³/mol. The Morgan fingerprint density at radius 1 is 1.18 bits per heavy atom. The van der Waals surface area contributed by atoms with E-state index in [-0.39, 0.29) is 17.5 Å². The Bertz CT molecular complexity index is 723. The summed E-state index contributed by atoms with van der Waals surface area (Å²) in [5.41, 5.74) is 2.66. The predicted octanol–water partition coefficient (Wildman–Crippen LogP) is 3.45. The van der Waals surface area contributed by atoms with E-state index in [1.165, 1.54) is 12.5 Å². The number of rotatable bonds is 5. The molecule has 6 nitrogen and oxygen atoms in total. The molecule has 0 bridgehead atoms. The third kappa shape index (κ3) is 3.52. The Balaban J connectivity index is 2.11. The molecule has 2 aromatic rings. The molecule has 1 amide bonds. The maximum atomic E-state index is 12.0. The van der Waals surface area contributed by atoms with E-state index in [4.69, 9.17) is 8.83 Å². The van der Waals surface area contributed by atoms with Crippen molar-refractivity contribution >= 4 is 11.5 Å². The number of allylic oxidation sites excluding steroid dienone is 3. The van der Waals surface area contributed by atoms with E-state index in [9.17, 15) is 4.79 Å². The number of nitrogens with zero attached hydrogens (tertiary/aromatic N) is 2. The molecule has 2 aromatic heterocycles. The van der Waals surface area contributed by atoms with Gasteiger partial charge in [0.05, 0.1) is 0 Å². The molecule has 0 spiro atoms. The van der Waals surface area contributed by atoms with Crippen LogP contribution in [0.5, 0.6) is 0 Å². The van der Waals surface area contributed by atoms with E-state index >= 15 is 0 Å². The quantitative estimate of drug-likeness (QED) is 0.855. The van der Waals surface area contributed by atoms with Crippen LogP contribution in [0.4, 0.5) is 0 Å². The molecule has 0 aliphatic carbocycles. The summed E-state index contributed by atoms with van der Waals surface area (Å²) >= 11 is 0. The van der Waals surface area contributed by atoms with Gasteiger partial charge < -0.3 is 14.2 Å². The molecule has 6 heteroatoms. The normalized spacial score (nSPS) is 12.5. The first-order valence-corrected chi connectivity index (χ1v) is 6.99. The van der Waals surface area contributed by atoms with Crippen molar-refractivity contribution in [3.05, 3.63) is 41.8 Å². The van der Waals surface area contributed by atoms with Crippen LogP contribution < -0.4 is 5.32 Å². The van der Waals surface area contributed by atoms with E-state index in [1.807, 2.05) is 39.8 Å². The fourth-order valence-electron chi connectivity index (χ4n) is 1.58. The lowest BCUT2D eigenvalue weighted by atomic mass is 10.3. The number of aromatic nitrogens is 2. The van der Waals surface area contributed by atoms with Crippen LogP contribution in [0.2, 0.25) is 0 Å². The highest BCUT2D eigenvalue weighted by Gasteiger charge is 2.16. The van der Waals surface area contributed by atoms with Gasteiger partial charge in [0.2, 0.25) is 11.8 Å². The van der Waals surface area contributed by atoms with Crippen LogP contribution in [0.15, 0.2) is 39.1 Å². The number of carbonyl (C=O) groups excluding carboxylic acids is 1. The second kappa shape index (κ2) is 6.89. The summed E-state index contributed by atoms with van der Waals surface area (Å²) in [5.74, 6) is 0.474. The van der Waals surface area contributed by atoms with Gasteiger partial charge in [0.25, 0.3) is 5.91 Å². The van der Waals surface area contributed by atoms with Crippen LogP contribution in [0.3, 0.4) is 0 Å². The van der Waals surface area contributed by atoms with Crippen molar-refractivity contribution in [1.82, 2.24) is 15.3 Å². The maximum absolute atomic E-state index is 12.0. The number of hydrogen-bond acceptors (Lipinski definition) is 5. The second-order valence-electron chi connectivity index (χ2n) is 4.87. The Morgan fingerprint density at radius 3 is 2.64 bits per heavy atom. The molecular weight excluding hydrogens is 282 g/mol. The average molecular weight is 301 g/mol. The minimum atomic E-state index is -0.287. The molecule has 0 atom stereocenters. The van der Waals surface area contributed by atoms with Gasteiger partial charge in [0, 0.05) is 12.1 Å². The molecule has 0 saturated heterocycles. The standard InChI is InChI=1S/C16H19N3O3/c1-5-10(3)7-17-14(20)12-8-22-16(18-12)13-9-21-15(19-13)11(4)6-2/h5-6,8-9H,7H2,1-4H3,(H,17,20). The fourth-order valence-corrected chi connectivity index (χ4v) is 1.58. The van der Waals surface area contributed by atoms with Crippen molar-refractivity contribution in [2.75, 3.05) is 6.54 Å². The summed E-state index contributed by atoms with van der Waals surface area (Å²) < 4.78 is 10.7. The molecule has 2 heterocycles. The van der Waals surface area contributed by atoms with Crippen LogP contribution in [-0.2, 0) is 0 Å².